The highest BCUT2D eigenvalue weighted by molar-refractivity contribution is 5.53. The fraction of sp³-hybridized carbons (Fsp3) is 0.111. The van der Waals surface area contributed by atoms with Gasteiger partial charge in [-0.05, 0) is 12.1 Å². The topological polar surface area (TPSA) is 55.0 Å². The summed E-state index contributed by atoms with van der Waals surface area (Å²) in [5.74, 6) is 0. The van der Waals surface area contributed by atoms with E-state index in [0.717, 1.165) is 5.56 Å². The second-order valence-corrected chi connectivity index (χ2v) is 2.74. The summed E-state index contributed by atoms with van der Waals surface area (Å²) < 4.78 is 6.28. The Morgan fingerprint density at radius 3 is 2.54 bits per heavy atom. The lowest BCUT2D eigenvalue weighted by Gasteiger charge is -1.93. The normalized spacial score (nSPS) is 10.2. The first kappa shape index (κ1) is 7.79. The predicted molar refractivity (Wildman–Crippen MR) is 44.5 cm³/mol. The van der Waals surface area contributed by atoms with E-state index < -0.39 is 0 Å². The maximum absolute atomic E-state index is 7.48. The Bertz CT molecular complexity index is 455. The third-order valence-corrected chi connectivity index (χ3v) is 1.84. The number of hydrogen-bond acceptors (Lipinski definition) is 2. The number of hydrogen-bond donors (Lipinski definition) is 1. The third kappa shape index (κ3) is 1.26. The Hall–Kier alpha value is -1.84. The second-order valence-electron chi connectivity index (χ2n) is 2.74. The zero-order valence-corrected chi connectivity index (χ0v) is 7.19. The molecule has 0 bridgehead atoms. The summed E-state index contributed by atoms with van der Waals surface area (Å²) in [5.41, 5.74) is 1.73. The highest BCUT2D eigenvalue weighted by atomic mass is 16.5. The minimum Gasteiger partial charge on any atom is -0.487 e. The Balaban J connectivity index is 2.65. The molecule has 1 heterocycles. The van der Waals surface area contributed by atoms with Crippen LogP contribution in [0.15, 0.2) is 34.9 Å². The fourth-order valence-electron chi connectivity index (χ4n) is 1.25. The summed E-state index contributed by atoms with van der Waals surface area (Å²) in [7, 11) is 1.75. The highest BCUT2D eigenvalue weighted by Gasteiger charge is 2.10. The van der Waals surface area contributed by atoms with E-state index in [1.165, 1.54) is 0 Å². The van der Waals surface area contributed by atoms with Gasteiger partial charge in [0, 0.05) is 0 Å². The molecule has 1 aromatic heterocycles. The average molecular weight is 175 g/mol. The average Bonchev–Trinajstić information content (AvgIpc) is 2.48. The van der Waals surface area contributed by atoms with E-state index in [-0.39, 0.29) is 5.55 Å². The molecule has 13 heavy (non-hydrogen) atoms. The molecule has 4 heteroatoms. The van der Waals surface area contributed by atoms with E-state index in [0.29, 0.717) is 5.69 Å². The van der Waals surface area contributed by atoms with Crippen molar-refractivity contribution in [2.24, 2.45) is 7.05 Å². The molecule has 0 spiro atoms. The zero-order valence-electron chi connectivity index (χ0n) is 7.19. The molecule has 0 saturated carbocycles. The maximum atomic E-state index is 7.48. The standard InChI is InChI=1S/C9H9N3O/c1-12-8(9(10)13-11-12)7-5-3-2-4-6-7/h2-6,10H,1H3. The van der Waals surface area contributed by atoms with E-state index in [2.05, 4.69) is 5.27 Å². The van der Waals surface area contributed by atoms with E-state index in [4.69, 9.17) is 9.93 Å². The van der Waals surface area contributed by atoms with Crippen molar-refractivity contribution in [1.82, 2.24) is 5.27 Å². The van der Waals surface area contributed by atoms with Crippen LogP contribution in [0.3, 0.4) is 0 Å². The summed E-state index contributed by atoms with van der Waals surface area (Å²) in [6, 6.07) is 9.61. The number of nitrogens with zero attached hydrogens (tertiary/aromatic N) is 2. The molecule has 0 fully saturated rings. The number of benzene rings is 1. The Morgan fingerprint density at radius 1 is 1.31 bits per heavy atom. The maximum Gasteiger partial charge on any atom is 0.273 e. The highest BCUT2D eigenvalue weighted by Crippen LogP contribution is 2.08. The smallest absolute Gasteiger partial charge is 0.273 e. The molecule has 0 amide bonds. The van der Waals surface area contributed by atoms with Crippen LogP contribution in [0.2, 0.25) is 0 Å². The van der Waals surface area contributed by atoms with Crippen LogP contribution < -0.4 is 15.5 Å². The van der Waals surface area contributed by atoms with Crippen molar-refractivity contribution in [1.29, 1.82) is 5.41 Å². The molecule has 0 aliphatic heterocycles. The second kappa shape index (κ2) is 2.90. The van der Waals surface area contributed by atoms with Crippen molar-refractivity contribution in [2.45, 2.75) is 0 Å². The molecular weight excluding hydrogens is 166 g/mol. The van der Waals surface area contributed by atoms with Gasteiger partial charge in [-0.2, -0.15) is 0 Å². The largest absolute Gasteiger partial charge is 0.487 e. The van der Waals surface area contributed by atoms with Gasteiger partial charge in [-0.25, -0.2) is 4.68 Å². The molecule has 1 aromatic carbocycles. The van der Waals surface area contributed by atoms with Crippen molar-refractivity contribution >= 4 is 0 Å². The van der Waals surface area contributed by atoms with Gasteiger partial charge in [0.15, 0.2) is 0 Å². The van der Waals surface area contributed by atoms with E-state index >= 15 is 0 Å². The predicted octanol–water partition coefficient (Wildman–Crippen LogP) is 0.208. The lowest BCUT2D eigenvalue weighted by molar-refractivity contribution is -0.735. The fourth-order valence-corrected chi connectivity index (χ4v) is 1.25. The van der Waals surface area contributed by atoms with Crippen LogP contribution in [0.25, 0.3) is 11.3 Å². The lowest BCUT2D eigenvalue weighted by Crippen LogP contribution is -2.35. The number of aromatic nitrogens is 2. The van der Waals surface area contributed by atoms with Crippen LogP contribution in [-0.2, 0) is 7.05 Å². The molecule has 2 aromatic rings. The van der Waals surface area contributed by atoms with E-state index in [1.54, 1.807) is 11.7 Å². The quantitative estimate of drug-likeness (QED) is 0.630. The summed E-state index contributed by atoms with van der Waals surface area (Å²) in [4.78, 5) is 0. The molecule has 2 rings (SSSR count). The summed E-state index contributed by atoms with van der Waals surface area (Å²) in [6.45, 7) is 0. The monoisotopic (exact) mass is 175 g/mol. The zero-order chi connectivity index (χ0) is 9.26. The first-order valence-electron chi connectivity index (χ1n) is 3.92. The molecular formula is C9H9N3O. The van der Waals surface area contributed by atoms with Crippen molar-refractivity contribution in [2.75, 3.05) is 0 Å². The van der Waals surface area contributed by atoms with Gasteiger partial charge in [-0.1, -0.05) is 18.2 Å². The first-order chi connectivity index (χ1) is 6.29. The molecule has 0 radical (unpaired) electrons. The van der Waals surface area contributed by atoms with Gasteiger partial charge < -0.3 is 4.52 Å². The van der Waals surface area contributed by atoms with Gasteiger partial charge in [-0.3, -0.25) is 10.7 Å². The van der Waals surface area contributed by atoms with Gasteiger partial charge in [0.2, 0.25) is 0 Å². The van der Waals surface area contributed by atoms with Crippen LogP contribution in [0.1, 0.15) is 0 Å². The van der Waals surface area contributed by atoms with Crippen molar-refractivity contribution < 1.29 is 9.20 Å². The van der Waals surface area contributed by atoms with Crippen LogP contribution in [-0.4, -0.2) is 0 Å². The molecule has 0 aliphatic carbocycles. The minimum atomic E-state index is 0.0914. The Labute approximate surface area is 74.9 Å². The first-order valence-corrected chi connectivity index (χ1v) is 3.92. The summed E-state index contributed by atoms with van der Waals surface area (Å²) in [5, 5.41) is 11.1. The van der Waals surface area contributed by atoms with Gasteiger partial charge in [0.1, 0.15) is 7.05 Å². The van der Waals surface area contributed by atoms with Crippen LogP contribution in [0, 0.1) is 5.41 Å². The van der Waals surface area contributed by atoms with E-state index in [1.807, 2.05) is 30.3 Å². The molecule has 66 valence electrons. The van der Waals surface area contributed by atoms with Crippen molar-refractivity contribution in [3.63, 3.8) is 0 Å². The lowest BCUT2D eigenvalue weighted by atomic mass is 10.2. The van der Waals surface area contributed by atoms with Crippen LogP contribution in [0.5, 0.6) is 0 Å². The molecule has 0 aliphatic rings. The SMILES string of the molecule is C[n+]1[n-]oc(=N)c1-c1ccccc1. The van der Waals surface area contributed by atoms with Gasteiger partial charge in [0.05, 0.1) is 5.56 Å². The summed E-state index contributed by atoms with van der Waals surface area (Å²) >= 11 is 0. The molecule has 0 unspecified atom stereocenters. The molecule has 1 N–H and O–H groups in total. The van der Waals surface area contributed by atoms with Crippen LogP contribution >= 0.6 is 0 Å². The third-order valence-electron chi connectivity index (χ3n) is 1.84. The number of aryl methyl sites for hydroxylation is 1. The Kier molecular flexibility index (Phi) is 1.73. The molecule has 0 saturated heterocycles. The van der Waals surface area contributed by atoms with Crippen molar-refractivity contribution in [3.8, 4) is 11.3 Å². The van der Waals surface area contributed by atoms with Gasteiger partial charge in [0.25, 0.3) is 11.2 Å². The number of nitrogens with one attached hydrogen (secondary N) is 1. The summed E-state index contributed by atoms with van der Waals surface area (Å²) in [6.07, 6.45) is 0. The van der Waals surface area contributed by atoms with Gasteiger partial charge >= 0.3 is 0 Å². The van der Waals surface area contributed by atoms with Crippen molar-refractivity contribution in [3.05, 3.63) is 35.9 Å². The van der Waals surface area contributed by atoms with Crippen LogP contribution in [0.4, 0.5) is 0 Å². The van der Waals surface area contributed by atoms with Gasteiger partial charge in [-0.15, -0.1) is 0 Å². The minimum absolute atomic E-state index is 0.0914. The number of rotatable bonds is 1. The molecule has 0 atom stereocenters. The molecule has 4 nitrogen and oxygen atoms in total. The van der Waals surface area contributed by atoms with E-state index in [9.17, 15) is 0 Å². The Morgan fingerprint density at radius 2 is 2.00 bits per heavy atom.